The molecule has 1 aliphatic heterocycles. The topological polar surface area (TPSA) is 74.0 Å². The first-order chi connectivity index (χ1) is 15.7. The number of amides is 1. The lowest BCUT2D eigenvalue weighted by Gasteiger charge is -2.17. The lowest BCUT2D eigenvalue weighted by atomic mass is 10.0. The highest BCUT2D eigenvalue weighted by Crippen LogP contribution is 2.24. The van der Waals surface area contributed by atoms with Crippen LogP contribution in [-0.4, -0.2) is 33.4 Å². The lowest BCUT2D eigenvalue weighted by Crippen LogP contribution is -2.27. The first kappa shape index (κ1) is 24.5. The zero-order valence-electron chi connectivity index (χ0n) is 18.7. The van der Waals surface area contributed by atoms with E-state index in [1.807, 2.05) is 59.9 Å². The van der Waals surface area contributed by atoms with Crippen LogP contribution in [0.25, 0.3) is 0 Å². The molecule has 0 bridgehead atoms. The Morgan fingerprint density at radius 2 is 1.82 bits per heavy atom. The lowest BCUT2D eigenvalue weighted by molar-refractivity contribution is -0.131. The Labute approximate surface area is 201 Å². The van der Waals surface area contributed by atoms with Gasteiger partial charge in [0, 0.05) is 38.3 Å². The normalized spacial score (nSPS) is 15.3. The number of nitrogens with one attached hydrogen (secondary N) is 1. The van der Waals surface area contributed by atoms with Crippen molar-refractivity contribution >= 4 is 18.3 Å². The largest absolute Gasteiger partial charge is 0.338 e. The molecule has 1 aromatic heterocycles. The van der Waals surface area contributed by atoms with Crippen molar-refractivity contribution < 1.29 is 4.79 Å². The maximum absolute atomic E-state index is 12.7. The van der Waals surface area contributed by atoms with E-state index >= 15 is 0 Å². The van der Waals surface area contributed by atoms with Crippen molar-refractivity contribution in [3.8, 4) is 6.07 Å². The summed E-state index contributed by atoms with van der Waals surface area (Å²) < 4.78 is 2.12. The number of nitriles is 1. The third-order valence-electron chi connectivity index (χ3n) is 6.07. The molecule has 2 aromatic carbocycles. The molecule has 7 heteroatoms. The Bertz CT molecular complexity index is 1060. The number of aromatic nitrogens is 2. The van der Waals surface area contributed by atoms with Gasteiger partial charge in [-0.25, -0.2) is 4.98 Å². The summed E-state index contributed by atoms with van der Waals surface area (Å²) in [5.41, 5.74) is 4.13. The molecule has 2 heterocycles. The zero-order chi connectivity index (χ0) is 22.2. The highest BCUT2D eigenvalue weighted by atomic mass is 35.5. The number of likely N-dealkylation sites (tertiary alicyclic amines) is 1. The number of imidazole rings is 1. The Morgan fingerprint density at radius 1 is 1.06 bits per heavy atom. The van der Waals surface area contributed by atoms with E-state index in [1.165, 1.54) is 5.56 Å². The third kappa shape index (κ3) is 6.67. The van der Waals surface area contributed by atoms with E-state index in [9.17, 15) is 4.79 Å². The summed E-state index contributed by atoms with van der Waals surface area (Å²) in [6.45, 7) is 3.94. The number of nitrogens with zero attached hydrogens (tertiary/aromatic N) is 4. The van der Waals surface area contributed by atoms with Crippen molar-refractivity contribution in [1.29, 1.82) is 5.26 Å². The number of carbonyl (C=O) groups excluding carboxylic acids is 1. The van der Waals surface area contributed by atoms with E-state index < -0.39 is 0 Å². The van der Waals surface area contributed by atoms with E-state index in [2.05, 4.69) is 33.1 Å². The molecule has 0 aliphatic carbocycles. The van der Waals surface area contributed by atoms with E-state index in [0.29, 0.717) is 11.5 Å². The summed E-state index contributed by atoms with van der Waals surface area (Å²) in [4.78, 5) is 19.0. The fourth-order valence-electron chi connectivity index (χ4n) is 4.24. The highest BCUT2D eigenvalue weighted by molar-refractivity contribution is 5.85. The van der Waals surface area contributed by atoms with Gasteiger partial charge in [-0.3, -0.25) is 4.79 Å². The average molecular weight is 464 g/mol. The van der Waals surface area contributed by atoms with Gasteiger partial charge in [0.2, 0.25) is 5.91 Å². The average Bonchev–Trinajstić information content (AvgIpc) is 3.41. The first-order valence-electron chi connectivity index (χ1n) is 11.2. The van der Waals surface area contributed by atoms with Crippen molar-refractivity contribution in [3.05, 3.63) is 89.5 Å². The second-order valence-corrected chi connectivity index (χ2v) is 8.37. The SMILES string of the molecule is Cl.N#Cc1ccc(Cn2cncc2CNCCC[C@H]2CCN(Cc3ccccc3)C2=O)cc1. The fourth-order valence-corrected chi connectivity index (χ4v) is 4.24. The number of rotatable bonds is 10. The van der Waals surface area contributed by atoms with Crippen LogP contribution in [0.15, 0.2) is 67.1 Å². The number of halogens is 1. The van der Waals surface area contributed by atoms with Crippen molar-refractivity contribution in [1.82, 2.24) is 19.8 Å². The summed E-state index contributed by atoms with van der Waals surface area (Å²) in [5.74, 6) is 0.455. The molecule has 4 rings (SSSR count). The Hall–Kier alpha value is -3.14. The molecule has 0 radical (unpaired) electrons. The van der Waals surface area contributed by atoms with Gasteiger partial charge in [0.25, 0.3) is 0 Å². The molecular formula is C26H30ClN5O. The third-order valence-corrected chi connectivity index (χ3v) is 6.07. The van der Waals surface area contributed by atoms with Crippen molar-refractivity contribution in [3.63, 3.8) is 0 Å². The quantitative estimate of drug-likeness (QED) is 0.458. The molecule has 1 saturated heterocycles. The minimum Gasteiger partial charge on any atom is -0.338 e. The molecule has 1 atom stereocenters. The molecule has 172 valence electrons. The summed E-state index contributed by atoms with van der Waals surface area (Å²) in [5, 5.41) is 12.4. The van der Waals surface area contributed by atoms with Crippen molar-refractivity contribution in [2.45, 2.75) is 38.9 Å². The Morgan fingerprint density at radius 3 is 2.58 bits per heavy atom. The van der Waals surface area contributed by atoms with Gasteiger partial charge in [-0.1, -0.05) is 42.5 Å². The molecular weight excluding hydrogens is 434 g/mol. The van der Waals surface area contributed by atoms with Crippen LogP contribution in [0.2, 0.25) is 0 Å². The van der Waals surface area contributed by atoms with Gasteiger partial charge in [-0.15, -0.1) is 12.4 Å². The van der Waals surface area contributed by atoms with Crippen LogP contribution < -0.4 is 5.32 Å². The first-order valence-corrected chi connectivity index (χ1v) is 11.2. The van der Waals surface area contributed by atoms with Gasteiger partial charge in [0.05, 0.1) is 23.7 Å². The van der Waals surface area contributed by atoms with Crippen LogP contribution in [-0.2, 0) is 24.4 Å². The monoisotopic (exact) mass is 463 g/mol. The second kappa shape index (κ2) is 12.2. The summed E-state index contributed by atoms with van der Waals surface area (Å²) >= 11 is 0. The Balaban J connectivity index is 0.00000306. The molecule has 0 spiro atoms. The smallest absolute Gasteiger partial charge is 0.226 e. The molecule has 6 nitrogen and oxygen atoms in total. The minimum atomic E-state index is 0. The predicted octanol–water partition coefficient (Wildman–Crippen LogP) is 4.14. The molecule has 1 aliphatic rings. The van der Waals surface area contributed by atoms with Crippen LogP contribution in [0.1, 0.15) is 41.6 Å². The van der Waals surface area contributed by atoms with Gasteiger partial charge in [0.15, 0.2) is 0 Å². The molecule has 0 unspecified atom stereocenters. The summed E-state index contributed by atoms with van der Waals surface area (Å²) in [6, 6.07) is 20.0. The van der Waals surface area contributed by atoms with Crippen LogP contribution in [0, 0.1) is 17.2 Å². The second-order valence-electron chi connectivity index (χ2n) is 8.37. The summed E-state index contributed by atoms with van der Waals surface area (Å²) in [6.07, 6.45) is 6.61. The van der Waals surface area contributed by atoms with Gasteiger partial charge in [-0.2, -0.15) is 5.26 Å². The number of hydrogen-bond acceptors (Lipinski definition) is 4. The summed E-state index contributed by atoms with van der Waals surface area (Å²) in [7, 11) is 0. The van der Waals surface area contributed by atoms with E-state index in [0.717, 1.165) is 63.2 Å². The number of hydrogen-bond donors (Lipinski definition) is 1. The number of benzene rings is 2. The molecule has 3 aromatic rings. The van der Waals surface area contributed by atoms with Crippen molar-refractivity contribution in [2.24, 2.45) is 5.92 Å². The zero-order valence-corrected chi connectivity index (χ0v) is 19.5. The standard InChI is InChI=1S/C26H29N5O.ClH/c27-15-21-8-10-23(11-9-21)19-31-20-29-17-25(31)16-28-13-4-7-24-12-14-30(26(24)32)18-22-5-2-1-3-6-22;/h1-3,5-6,8-11,17,20,24,28H,4,7,12-14,16,18-19H2;1H/t24-;/m0./s1. The maximum Gasteiger partial charge on any atom is 0.226 e. The van der Waals surface area contributed by atoms with Crippen LogP contribution in [0.4, 0.5) is 0 Å². The molecule has 1 amide bonds. The highest BCUT2D eigenvalue weighted by Gasteiger charge is 2.30. The van der Waals surface area contributed by atoms with E-state index in [1.54, 1.807) is 0 Å². The minimum absolute atomic E-state index is 0. The molecule has 1 fully saturated rings. The number of carbonyl (C=O) groups is 1. The maximum atomic E-state index is 12.7. The van der Waals surface area contributed by atoms with Crippen LogP contribution in [0.5, 0.6) is 0 Å². The van der Waals surface area contributed by atoms with Crippen molar-refractivity contribution in [2.75, 3.05) is 13.1 Å². The van der Waals surface area contributed by atoms with Gasteiger partial charge in [0.1, 0.15) is 0 Å². The van der Waals surface area contributed by atoms with Crippen LogP contribution in [0.3, 0.4) is 0 Å². The van der Waals surface area contributed by atoms with Gasteiger partial charge < -0.3 is 14.8 Å². The molecule has 0 saturated carbocycles. The molecule has 1 N–H and O–H groups in total. The van der Waals surface area contributed by atoms with Crippen LogP contribution >= 0.6 is 12.4 Å². The predicted molar refractivity (Wildman–Crippen MR) is 131 cm³/mol. The Kier molecular flexibility index (Phi) is 9.05. The van der Waals surface area contributed by atoms with Gasteiger partial charge >= 0.3 is 0 Å². The molecule has 33 heavy (non-hydrogen) atoms. The van der Waals surface area contributed by atoms with E-state index in [4.69, 9.17) is 5.26 Å². The fraction of sp³-hybridized carbons (Fsp3) is 0.346. The van der Waals surface area contributed by atoms with Gasteiger partial charge in [-0.05, 0) is 49.1 Å². The van der Waals surface area contributed by atoms with E-state index in [-0.39, 0.29) is 18.3 Å².